The van der Waals surface area contributed by atoms with Crippen LogP contribution in [0.15, 0.2) is 24.3 Å². The maximum atomic E-state index is 13.7. The minimum Gasteiger partial charge on any atom is -0.497 e. The van der Waals surface area contributed by atoms with Gasteiger partial charge in [0.05, 0.1) is 25.8 Å². The summed E-state index contributed by atoms with van der Waals surface area (Å²) in [5.74, 6) is -0.158. The molecule has 0 saturated heterocycles. The van der Waals surface area contributed by atoms with Crippen LogP contribution in [0.4, 0.5) is 19.0 Å². The van der Waals surface area contributed by atoms with E-state index in [4.69, 9.17) is 9.47 Å². The van der Waals surface area contributed by atoms with Crippen molar-refractivity contribution in [3.05, 3.63) is 41.2 Å². The molecule has 0 saturated carbocycles. The van der Waals surface area contributed by atoms with Crippen LogP contribution in [0, 0.1) is 20.8 Å². The van der Waals surface area contributed by atoms with Crippen LogP contribution in [-0.2, 0) is 9.53 Å². The summed E-state index contributed by atoms with van der Waals surface area (Å²) in [7, 11) is 1.57. The van der Waals surface area contributed by atoms with E-state index in [0.717, 1.165) is 11.1 Å². The second-order valence-corrected chi connectivity index (χ2v) is 7.41. The Labute approximate surface area is 183 Å². The zero-order valence-electron chi connectivity index (χ0n) is 18.5. The van der Waals surface area contributed by atoms with Crippen LogP contribution in [0.3, 0.4) is 0 Å². The van der Waals surface area contributed by atoms with Crippen LogP contribution in [0.1, 0.15) is 30.3 Å². The number of methoxy groups -OCH3 is 1. The van der Waals surface area contributed by atoms with Crippen molar-refractivity contribution >= 4 is 17.4 Å². The number of alkyl halides is 3. The van der Waals surface area contributed by atoms with Gasteiger partial charge in [-0.1, -0.05) is 6.07 Å². The summed E-state index contributed by atoms with van der Waals surface area (Å²) in [5, 5.41) is 6.87. The molecule has 0 aliphatic heterocycles. The molecule has 1 atom stereocenters. The van der Waals surface area contributed by atoms with E-state index >= 15 is 0 Å². The van der Waals surface area contributed by atoms with Crippen molar-refractivity contribution in [3.8, 4) is 16.9 Å². The highest BCUT2D eigenvalue weighted by Crippen LogP contribution is 2.34. The summed E-state index contributed by atoms with van der Waals surface area (Å²) >= 11 is 0. The van der Waals surface area contributed by atoms with Crippen molar-refractivity contribution in [2.75, 3.05) is 19.0 Å². The Morgan fingerprint density at radius 2 is 1.94 bits per heavy atom. The molecule has 0 spiro atoms. The first-order valence-electron chi connectivity index (χ1n) is 10.1. The molecule has 1 N–H and O–H groups in total. The van der Waals surface area contributed by atoms with E-state index in [9.17, 15) is 18.0 Å². The number of anilines is 1. The standard InChI is InChI=1S/C22H25F3N4O3/c1-6-32-19(30)11-17(22(23,24)25)27-18-10-13(3)26-21-20(14(4)28-29(18)21)16-8-7-15(31-5)9-12(16)2/h7-10,17,27H,6,11H2,1-5H3/t17-/m0/s1. The van der Waals surface area contributed by atoms with E-state index in [1.54, 1.807) is 33.9 Å². The predicted octanol–water partition coefficient (Wildman–Crippen LogP) is 4.63. The Morgan fingerprint density at radius 1 is 1.22 bits per heavy atom. The van der Waals surface area contributed by atoms with Crippen molar-refractivity contribution in [3.63, 3.8) is 0 Å². The van der Waals surface area contributed by atoms with Crippen LogP contribution in [0.2, 0.25) is 0 Å². The van der Waals surface area contributed by atoms with Gasteiger partial charge in [0.2, 0.25) is 0 Å². The minimum atomic E-state index is -4.67. The highest BCUT2D eigenvalue weighted by Gasteiger charge is 2.42. The Kier molecular flexibility index (Phi) is 6.61. The first-order valence-corrected chi connectivity index (χ1v) is 10.1. The van der Waals surface area contributed by atoms with Gasteiger partial charge in [0, 0.05) is 17.3 Å². The number of esters is 1. The van der Waals surface area contributed by atoms with E-state index in [2.05, 4.69) is 15.4 Å². The fourth-order valence-corrected chi connectivity index (χ4v) is 3.52. The molecule has 0 bridgehead atoms. The van der Waals surface area contributed by atoms with Gasteiger partial charge < -0.3 is 14.8 Å². The number of ether oxygens (including phenoxy) is 2. The van der Waals surface area contributed by atoms with Crippen LogP contribution in [0.5, 0.6) is 5.75 Å². The molecule has 7 nitrogen and oxygen atoms in total. The first kappa shape index (κ1) is 23.4. The average Bonchev–Trinajstić information content (AvgIpc) is 3.02. The van der Waals surface area contributed by atoms with E-state index in [0.29, 0.717) is 28.3 Å². The third-order valence-corrected chi connectivity index (χ3v) is 4.99. The number of carbonyl (C=O) groups excluding carboxylic acids is 1. The average molecular weight is 450 g/mol. The molecule has 10 heteroatoms. The van der Waals surface area contributed by atoms with Crippen molar-refractivity contribution < 1.29 is 27.4 Å². The monoisotopic (exact) mass is 450 g/mol. The van der Waals surface area contributed by atoms with Gasteiger partial charge in [-0.25, -0.2) is 4.98 Å². The van der Waals surface area contributed by atoms with E-state index in [1.165, 1.54) is 10.6 Å². The van der Waals surface area contributed by atoms with Crippen molar-refractivity contribution in [1.82, 2.24) is 14.6 Å². The number of fused-ring (bicyclic) bond motifs is 1. The third-order valence-electron chi connectivity index (χ3n) is 4.99. The maximum Gasteiger partial charge on any atom is 0.409 e. The lowest BCUT2D eigenvalue weighted by Gasteiger charge is -2.22. The molecule has 1 aromatic carbocycles. The summed E-state index contributed by atoms with van der Waals surface area (Å²) < 4.78 is 52.3. The highest BCUT2D eigenvalue weighted by molar-refractivity contribution is 5.83. The number of aryl methyl sites for hydroxylation is 3. The summed E-state index contributed by atoms with van der Waals surface area (Å²) in [6.07, 6.45) is -5.53. The zero-order chi connectivity index (χ0) is 23.6. The van der Waals surface area contributed by atoms with E-state index in [1.807, 2.05) is 19.1 Å². The molecule has 32 heavy (non-hydrogen) atoms. The number of carbonyl (C=O) groups is 1. The number of aromatic nitrogens is 3. The number of halogens is 3. The van der Waals surface area contributed by atoms with Gasteiger partial charge in [0.25, 0.3) is 0 Å². The maximum absolute atomic E-state index is 13.7. The third kappa shape index (κ3) is 4.79. The number of rotatable bonds is 7. The van der Waals surface area contributed by atoms with Gasteiger partial charge >= 0.3 is 12.1 Å². The molecule has 2 aromatic heterocycles. The number of hydrogen-bond donors (Lipinski definition) is 1. The molecular formula is C22H25F3N4O3. The molecule has 2 heterocycles. The normalized spacial score (nSPS) is 12.6. The highest BCUT2D eigenvalue weighted by atomic mass is 19.4. The zero-order valence-corrected chi connectivity index (χ0v) is 18.5. The fraction of sp³-hybridized carbons (Fsp3) is 0.409. The van der Waals surface area contributed by atoms with Gasteiger partial charge in [-0.3, -0.25) is 4.79 Å². The molecule has 0 radical (unpaired) electrons. The van der Waals surface area contributed by atoms with Crippen LogP contribution < -0.4 is 10.1 Å². The van der Waals surface area contributed by atoms with E-state index in [-0.39, 0.29) is 12.4 Å². The minimum absolute atomic E-state index is 0.00490. The molecular weight excluding hydrogens is 425 g/mol. The molecule has 172 valence electrons. The number of nitrogens with one attached hydrogen (secondary N) is 1. The molecule has 0 amide bonds. The van der Waals surface area contributed by atoms with Crippen LogP contribution in [-0.4, -0.2) is 46.5 Å². The van der Waals surface area contributed by atoms with Crippen LogP contribution >= 0.6 is 0 Å². The SMILES string of the molecule is CCOC(=O)C[C@H](Nc1cc(C)nc2c(-c3ccc(OC)cc3C)c(C)nn12)C(F)(F)F. The second-order valence-electron chi connectivity index (χ2n) is 7.41. The summed E-state index contributed by atoms with van der Waals surface area (Å²) in [6.45, 7) is 6.91. The van der Waals surface area contributed by atoms with Gasteiger partial charge in [-0.2, -0.15) is 22.8 Å². The topological polar surface area (TPSA) is 77.8 Å². The molecule has 0 unspecified atom stereocenters. The Morgan fingerprint density at radius 3 is 2.53 bits per heavy atom. The predicted molar refractivity (Wildman–Crippen MR) is 114 cm³/mol. The van der Waals surface area contributed by atoms with Gasteiger partial charge in [0.15, 0.2) is 5.65 Å². The number of hydrogen-bond acceptors (Lipinski definition) is 6. The van der Waals surface area contributed by atoms with Crippen molar-refractivity contribution in [1.29, 1.82) is 0 Å². The lowest BCUT2D eigenvalue weighted by Crippen LogP contribution is -2.39. The smallest absolute Gasteiger partial charge is 0.409 e. The van der Waals surface area contributed by atoms with Gasteiger partial charge in [0.1, 0.15) is 17.6 Å². The first-order chi connectivity index (χ1) is 15.0. The molecule has 3 rings (SSSR count). The molecule has 0 fully saturated rings. The molecule has 0 aliphatic rings. The number of nitrogens with zero attached hydrogens (tertiary/aromatic N) is 3. The van der Waals surface area contributed by atoms with Gasteiger partial charge in [-0.05, 0) is 51.0 Å². The summed E-state index contributed by atoms with van der Waals surface area (Å²) in [4.78, 5) is 16.3. The van der Waals surface area contributed by atoms with Crippen molar-refractivity contribution in [2.45, 2.75) is 46.3 Å². The van der Waals surface area contributed by atoms with E-state index < -0.39 is 24.6 Å². The van der Waals surface area contributed by atoms with Gasteiger partial charge in [-0.15, -0.1) is 0 Å². The Bertz CT molecular complexity index is 1140. The molecule has 0 aliphatic carbocycles. The quantitative estimate of drug-likeness (QED) is 0.529. The van der Waals surface area contributed by atoms with Crippen molar-refractivity contribution in [2.24, 2.45) is 0 Å². The van der Waals surface area contributed by atoms with Crippen LogP contribution in [0.25, 0.3) is 16.8 Å². The fourth-order valence-electron chi connectivity index (χ4n) is 3.52. The second kappa shape index (κ2) is 9.05. The molecule has 3 aromatic rings. The summed E-state index contributed by atoms with van der Waals surface area (Å²) in [6, 6.07) is 4.87. The Balaban J connectivity index is 2.10. The lowest BCUT2D eigenvalue weighted by molar-refractivity contribution is -0.161. The largest absolute Gasteiger partial charge is 0.497 e. The lowest BCUT2D eigenvalue weighted by atomic mass is 10.0. The Hall–Kier alpha value is -3.30. The number of benzene rings is 1. The summed E-state index contributed by atoms with van der Waals surface area (Å²) in [5.41, 5.74) is 4.00.